The summed E-state index contributed by atoms with van der Waals surface area (Å²) in [4.78, 5) is 6.60. The van der Waals surface area contributed by atoms with Gasteiger partial charge in [-0.15, -0.1) is 0 Å². The molecule has 2 fully saturated rings. The first-order chi connectivity index (χ1) is 8.74. The number of nitrogens with one attached hydrogen (secondary N) is 1. The third-order valence-electron chi connectivity index (χ3n) is 4.44. The molecule has 1 aromatic heterocycles. The first kappa shape index (κ1) is 11.9. The quantitative estimate of drug-likeness (QED) is 0.873. The Hall–Kier alpha value is -1.16. The second-order valence-electron chi connectivity index (χ2n) is 5.55. The molecule has 0 saturated carbocycles. The van der Waals surface area contributed by atoms with Crippen LogP contribution in [0.15, 0.2) is 18.3 Å². The molecule has 98 valence electrons. The number of rotatable bonds is 2. The molecular weight excluding hydrogens is 229 g/mol. The van der Waals surface area contributed by atoms with Crippen LogP contribution in [0, 0.1) is 5.82 Å². The zero-order valence-corrected chi connectivity index (χ0v) is 10.8. The molecule has 0 aliphatic carbocycles. The molecule has 0 amide bonds. The summed E-state index contributed by atoms with van der Waals surface area (Å²) < 4.78 is 13.6. The maximum atomic E-state index is 13.6. The molecule has 0 spiro atoms. The minimum absolute atomic E-state index is 0.249. The van der Waals surface area contributed by atoms with E-state index in [9.17, 15) is 4.39 Å². The first-order valence-corrected chi connectivity index (χ1v) is 6.83. The average Bonchev–Trinajstić information content (AvgIpc) is 2.33. The largest absolute Gasteiger partial charge is 0.365 e. The number of anilines is 1. The molecule has 0 aromatic carbocycles. The van der Waals surface area contributed by atoms with Gasteiger partial charge in [0.05, 0.1) is 0 Å². The van der Waals surface area contributed by atoms with Gasteiger partial charge in [0.15, 0.2) is 11.6 Å². The highest BCUT2D eigenvalue weighted by atomic mass is 19.1. The highest BCUT2D eigenvalue weighted by Gasteiger charge is 2.36. The molecule has 2 saturated heterocycles. The van der Waals surface area contributed by atoms with Crippen molar-refractivity contribution in [2.24, 2.45) is 0 Å². The predicted octanol–water partition coefficient (Wildman–Crippen LogP) is 2.65. The topological polar surface area (TPSA) is 28.2 Å². The van der Waals surface area contributed by atoms with E-state index in [0.717, 1.165) is 12.8 Å². The summed E-state index contributed by atoms with van der Waals surface area (Å²) in [5, 5.41) is 3.29. The van der Waals surface area contributed by atoms with Crippen molar-refractivity contribution in [3.8, 4) is 0 Å². The Labute approximate surface area is 107 Å². The molecule has 0 radical (unpaired) electrons. The molecule has 2 aliphatic rings. The fourth-order valence-electron chi connectivity index (χ4n) is 3.42. The zero-order valence-electron chi connectivity index (χ0n) is 10.8. The van der Waals surface area contributed by atoms with E-state index in [1.165, 1.54) is 25.3 Å². The Kier molecular flexibility index (Phi) is 3.20. The summed E-state index contributed by atoms with van der Waals surface area (Å²) in [6, 6.07) is 4.76. The predicted molar refractivity (Wildman–Crippen MR) is 70.0 cm³/mol. The van der Waals surface area contributed by atoms with Crippen LogP contribution in [0.4, 0.5) is 10.2 Å². The van der Waals surface area contributed by atoms with Crippen molar-refractivity contribution >= 4 is 5.82 Å². The third kappa shape index (κ3) is 2.21. The minimum atomic E-state index is -0.249. The lowest BCUT2D eigenvalue weighted by atomic mass is 9.82. The molecule has 1 N–H and O–H groups in total. The molecule has 3 heterocycles. The van der Waals surface area contributed by atoms with E-state index >= 15 is 0 Å². The lowest BCUT2D eigenvalue weighted by molar-refractivity contribution is 0.0607. The summed E-state index contributed by atoms with van der Waals surface area (Å²) in [5.74, 6) is 0.159. The summed E-state index contributed by atoms with van der Waals surface area (Å²) in [6.45, 7) is 0. The molecule has 4 heteroatoms. The lowest BCUT2D eigenvalue weighted by Crippen LogP contribution is -2.52. The standard InChI is InChI=1S/C14H20FN3/c1-18-11-4-2-5-12(18)9-10(8-11)17-14-13(15)6-3-7-16-14/h3,6-7,10-12H,2,4-5,8-9H2,1H3,(H,16,17). The highest BCUT2D eigenvalue weighted by molar-refractivity contribution is 5.37. The lowest BCUT2D eigenvalue weighted by Gasteiger charge is -2.47. The number of piperidine rings is 2. The van der Waals surface area contributed by atoms with Crippen molar-refractivity contribution in [2.45, 2.75) is 50.2 Å². The van der Waals surface area contributed by atoms with Crippen molar-refractivity contribution in [1.29, 1.82) is 0 Å². The van der Waals surface area contributed by atoms with E-state index in [2.05, 4.69) is 22.2 Å². The number of nitrogens with zero attached hydrogens (tertiary/aromatic N) is 2. The third-order valence-corrected chi connectivity index (χ3v) is 4.44. The average molecular weight is 249 g/mol. The van der Waals surface area contributed by atoms with E-state index < -0.39 is 0 Å². The SMILES string of the molecule is CN1C2CCCC1CC(Nc1ncccc1F)C2. The van der Waals surface area contributed by atoms with E-state index in [-0.39, 0.29) is 5.82 Å². The van der Waals surface area contributed by atoms with Crippen LogP contribution >= 0.6 is 0 Å². The van der Waals surface area contributed by atoms with Crippen LogP contribution in [-0.4, -0.2) is 35.1 Å². The molecule has 2 aliphatic heterocycles. The monoisotopic (exact) mass is 249 g/mol. The first-order valence-electron chi connectivity index (χ1n) is 6.83. The Morgan fingerprint density at radius 2 is 2.06 bits per heavy atom. The van der Waals surface area contributed by atoms with Gasteiger partial charge >= 0.3 is 0 Å². The Balaban J connectivity index is 1.70. The van der Waals surface area contributed by atoms with E-state index in [4.69, 9.17) is 0 Å². The maximum Gasteiger partial charge on any atom is 0.165 e. The van der Waals surface area contributed by atoms with Gasteiger partial charge in [0.25, 0.3) is 0 Å². The minimum Gasteiger partial charge on any atom is -0.365 e. The van der Waals surface area contributed by atoms with Gasteiger partial charge in [0.2, 0.25) is 0 Å². The van der Waals surface area contributed by atoms with Crippen molar-refractivity contribution in [2.75, 3.05) is 12.4 Å². The Morgan fingerprint density at radius 1 is 1.33 bits per heavy atom. The summed E-state index contributed by atoms with van der Waals surface area (Å²) in [6.07, 6.45) is 7.73. The number of aromatic nitrogens is 1. The molecule has 3 rings (SSSR count). The second kappa shape index (κ2) is 4.84. The van der Waals surface area contributed by atoms with Crippen LogP contribution in [0.5, 0.6) is 0 Å². The summed E-state index contributed by atoms with van der Waals surface area (Å²) in [5.41, 5.74) is 0. The van der Waals surface area contributed by atoms with Crippen molar-refractivity contribution in [3.63, 3.8) is 0 Å². The van der Waals surface area contributed by atoms with Crippen LogP contribution < -0.4 is 5.32 Å². The van der Waals surface area contributed by atoms with Crippen LogP contribution in [0.25, 0.3) is 0 Å². The van der Waals surface area contributed by atoms with Crippen LogP contribution in [-0.2, 0) is 0 Å². The van der Waals surface area contributed by atoms with E-state index in [1.54, 1.807) is 12.3 Å². The molecule has 1 aromatic rings. The van der Waals surface area contributed by atoms with Gasteiger partial charge in [-0.1, -0.05) is 6.42 Å². The van der Waals surface area contributed by atoms with E-state index in [0.29, 0.717) is 23.9 Å². The van der Waals surface area contributed by atoms with Crippen molar-refractivity contribution < 1.29 is 4.39 Å². The Morgan fingerprint density at radius 3 is 2.72 bits per heavy atom. The van der Waals surface area contributed by atoms with Crippen LogP contribution in [0.1, 0.15) is 32.1 Å². The number of hydrogen-bond donors (Lipinski definition) is 1. The van der Waals surface area contributed by atoms with Crippen LogP contribution in [0.3, 0.4) is 0 Å². The van der Waals surface area contributed by atoms with E-state index in [1.807, 2.05) is 0 Å². The van der Waals surface area contributed by atoms with Gasteiger partial charge in [0, 0.05) is 24.3 Å². The van der Waals surface area contributed by atoms with Gasteiger partial charge in [-0.25, -0.2) is 9.37 Å². The van der Waals surface area contributed by atoms with Crippen LogP contribution in [0.2, 0.25) is 0 Å². The zero-order chi connectivity index (χ0) is 12.5. The van der Waals surface area contributed by atoms with Gasteiger partial charge in [-0.05, 0) is 44.9 Å². The molecule has 2 atom stereocenters. The molecule has 3 nitrogen and oxygen atoms in total. The van der Waals surface area contributed by atoms with Crippen molar-refractivity contribution in [3.05, 3.63) is 24.1 Å². The van der Waals surface area contributed by atoms with Crippen molar-refractivity contribution in [1.82, 2.24) is 9.88 Å². The normalized spacial score (nSPS) is 32.2. The fourth-order valence-corrected chi connectivity index (χ4v) is 3.42. The fraction of sp³-hybridized carbons (Fsp3) is 0.643. The summed E-state index contributed by atoms with van der Waals surface area (Å²) >= 11 is 0. The molecule has 2 unspecified atom stereocenters. The smallest absolute Gasteiger partial charge is 0.165 e. The summed E-state index contributed by atoms with van der Waals surface area (Å²) in [7, 11) is 2.23. The maximum absolute atomic E-state index is 13.6. The molecule has 2 bridgehead atoms. The Bertz CT molecular complexity index is 409. The van der Waals surface area contributed by atoms with Gasteiger partial charge < -0.3 is 10.2 Å². The molecular formula is C14H20FN3. The highest BCUT2D eigenvalue weighted by Crippen LogP contribution is 2.33. The van der Waals surface area contributed by atoms with Gasteiger partial charge in [-0.2, -0.15) is 0 Å². The number of fused-ring (bicyclic) bond motifs is 2. The number of halogens is 1. The number of pyridine rings is 1. The molecule has 18 heavy (non-hydrogen) atoms. The van der Waals surface area contributed by atoms with Gasteiger partial charge in [0.1, 0.15) is 0 Å². The number of hydrogen-bond acceptors (Lipinski definition) is 3. The second-order valence-corrected chi connectivity index (χ2v) is 5.55. The van der Waals surface area contributed by atoms with Gasteiger partial charge in [-0.3, -0.25) is 0 Å².